The molecule has 0 saturated heterocycles. The summed E-state index contributed by atoms with van der Waals surface area (Å²) < 4.78 is 23.6. The van der Waals surface area contributed by atoms with E-state index in [0.29, 0.717) is 21.7 Å². The molecule has 4 rings (SSSR count). The molecule has 29 heavy (non-hydrogen) atoms. The Bertz CT molecular complexity index is 1050. The van der Waals surface area contributed by atoms with Crippen molar-refractivity contribution >= 4 is 40.1 Å². The molecule has 1 aromatic carbocycles. The monoisotopic (exact) mass is 452 g/mol. The lowest BCUT2D eigenvalue weighted by atomic mass is 10.1. The van der Waals surface area contributed by atoms with Gasteiger partial charge in [0.25, 0.3) is 0 Å². The average molecular weight is 453 g/mol. The quantitative estimate of drug-likeness (QED) is 0.509. The molecule has 2 aromatic rings. The largest absolute Gasteiger partial charge is 0.489 e. The van der Waals surface area contributed by atoms with Gasteiger partial charge in [0.15, 0.2) is 0 Å². The van der Waals surface area contributed by atoms with E-state index in [2.05, 4.69) is 4.40 Å². The van der Waals surface area contributed by atoms with Crippen molar-refractivity contribution in [3.8, 4) is 5.75 Å². The second-order valence-corrected chi connectivity index (χ2v) is 10.4. The molecule has 2 aliphatic rings. The summed E-state index contributed by atoms with van der Waals surface area (Å²) in [5, 5.41) is 9.38. The highest BCUT2D eigenvalue weighted by atomic mass is 35.5. The minimum absolute atomic E-state index is 0.0810. The molecule has 1 heterocycles. The van der Waals surface area contributed by atoms with Crippen LogP contribution in [0.15, 0.2) is 34.9 Å². The Hall–Kier alpha value is -1.83. The summed E-state index contributed by atoms with van der Waals surface area (Å²) in [5.74, 6) is 1.06. The van der Waals surface area contributed by atoms with Gasteiger partial charge in [-0.1, -0.05) is 23.2 Å². The first kappa shape index (κ1) is 20.4. The van der Waals surface area contributed by atoms with Crippen LogP contribution in [0.5, 0.6) is 5.75 Å². The third-order valence-electron chi connectivity index (χ3n) is 5.26. The number of aromatic nitrogens is 1. The Morgan fingerprint density at radius 1 is 1.31 bits per heavy atom. The predicted molar refractivity (Wildman–Crippen MR) is 116 cm³/mol. The Labute approximate surface area is 181 Å². The van der Waals surface area contributed by atoms with Crippen LogP contribution in [0.25, 0.3) is 0 Å². The lowest BCUT2D eigenvalue weighted by Gasteiger charge is -2.15. The van der Waals surface area contributed by atoms with Crippen molar-refractivity contribution in [2.24, 2.45) is 10.1 Å². The molecule has 1 aromatic heterocycles. The average Bonchev–Trinajstić information content (AvgIpc) is 3.55. The topological polar surface area (TPSA) is 93.5 Å². The fourth-order valence-electron chi connectivity index (χ4n) is 3.05. The summed E-state index contributed by atoms with van der Waals surface area (Å²) >= 11 is 12.1. The molecule has 1 unspecified atom stereocenters. The number of hydrogen-bond donors (Lipinski definition) is 2. The highest BCUT2D eigenvalue weighted by molar-refractivity contribution is 7.85. The first-order valence-electron chi connectivity index (χ1n) is 9.41. The van der Waals surface area contributed by atoms with Gasteiger partial charge in [-0.05, 0) is 73.9 Å². The van der Waals surface area contributed by atoms with Crippen LogP contribution in [0.3, 0.4) is 0 Å². The summed E-state index contributed by atoms with van der Waals surface area (Å²) in [7, 11) is -1.40. The van der Waals surface area contributed by atoms with Gasteiger partial charge in [0.05, 0.1) is 4.75 Å². The summed E-state index contributed by atoms with van der Waals surface area (Å²) in [5.41, 5.74) is 8.24. The summed E-state index contributed by atoms with van der Waals surface area (Å²) in [6, 6.07) is 6.78. The van der Waals surface area contributed by atoms with Crippen molar-refractivity contribution in [2.45, 2.75) is 49.9 Å². The van der Waals surface area contributed by atoms with Crippen molar-refractivity contribution < 1.29 is 8.95 Å². The normalized spacial score (nSPS) is 19.1. The minimum Gasteiger partial charge on any atom is -0.489 e. The number of pyridine rings is 1. The van der Waals surface area contributed by atoms with Gasteiger partial charge >= 0.3 is 0 Å². The second-order valence-electron chi connectivity index (χ2n) is 7.83. The van der Waals surface area contributed by atoms with Crippen LogP contribution < -0.4 is 16.0 Å². The summed E-state index contributed by atoms with van der Waals surface area (Å²) in [4.78, 5) is 0. The fraction of sp³-hybridized carbons (Fsp3) is 0.400. The van der Waals surface area contributed by atoms with Crippen molar-refractivity contribution in [1.29, 1.82) is 5.41 Å². The molecule has 6 nitrogen and oxygen atoms in total. The zero-order chi connectivity index (χ0) is 20.8. The Morgan fingerprint density at radius 2 is 1.97 bits per heavy atom. The number of nitrogens with two attached hydrogens (primary N) is 1. The molecule has 2 saturated carbocycles. The molecule has 154 valence electrons. The molecular weight excluding hydrogens is 431 g/mol. The van der Waals surface area contributed by atoms with E-state index in [9.17, 15) is 4.21 Å². The van der Waals surface area contributed by atoms with Crippen LogP contribution in [0.4, 0.5) is 0 Å². The van der Waals surface area contributed by atoms with Gasteiger partial charge < -0.3 is 10.5 Å². The van der Waals surface area contributed by atoms with E-state index < -0.39 is 11.0 Å². The Balaban J connectivity index is 1.60. The van der Waals surface area contributed by atoms with Gasteiger partial charge in [0.1, 0.15) is 28.8 Å². The molecule has 2 aliphatic carbocycles. The first-order valence-corrected chi connectivity index (χ1v) is 11.3. The van der Waals surface area contributed by atoms with Crippen LogP contribution in [-0.2, 0) is 17.6 Å². The van der Waals surface area contributed by atoms with E-state index in [4.69, 9.17) is 39.1 Å². The van der Waals surface area contributed by atoms with Crippen molar-refractivity contribution in [2.75, 3.05) is 0 Å². The second kappa shape index (κ2) is 7.78. The fourth-order valence-corrected chi connectivity index (χ4v) is 4.48. The molecule has 3 N–H and O–H groups in total. The van der Waals surface area contributed by atoms with Gasteiger partial charge in [-0.15, -0.1) is 0 Å². The van der Waals surface area contributed by atoms with Gasteiger partial charge in [-0.25, -0.2) is 4.21 Å². The van der Waals surface area contributed by atoms with Gasteiger partial charge in [-0.3, -0.25) is 9.98 Å². The van der Waals surface area contributed by atoms with Crippen molar-refractivity contribution in [3.63, 3.8) is 0 Å². The van der Waals surface area contributed by atoms with E-state index in [-0.39, 0.29) is 22.8 Å². The molecule has 0 aliphatic heterocycles. The number of halogens is 2. The summed E-state index contributed by atoms with van der Waals surface area (Å²) in [6.07, 6.45) is 5.75. The molecule has 1 atom stereocenters. The molecule has 9 heteroatoms. The maximum Gasteiger partial charge on any atom is 0.215 e. The van der Waals surface area contributed by atoms with Crippen molar-refractivity contribution in [1.82, 2.24) is 4.57 Å². The van der Waals surface area contributed by atoms with Gasteiger partial charge in [0.2, 0.25) is 5.96 Å². The molecule has 0 radical (unpaired) electrons. The van der Waals surface area contributed by atoms with E-state index in [1.165, 1.54) is 4.57 Å². The Morgan fingerprint density at radius 3 is 2.55 bits per heavy atom. The number of rotatable bonds is 6. The highest BCUT2D eigenvalue weighted by Gasteiger charge is 2.44. The number of nitrogens with one attached hydrogen (secondary N) is 1. The standard InChI is InChI=1S/C20H22Cl2N4O2S/c1-20(4-5-20)29(27)25-19(24)26-10-17(12-2-3-12)13(6-18(26)23)11-28-16-8-14(21)7-15(22)9-16/h6-10,12,23H,2-5,11H2,1H3,(H2,24,25). The van der Waals surface area contributed by atoms with Crippen LogP contribution in [0.1, 0.15) is 49.7 Å². The zero-order valence-electron chi connectivity index (χ0n) is 16.0. The predicted octanol–water partition coefficient (Wildman–Crippen LogP) is 4.11. The number of hydrogen-bond acceptors (Lipinski definition) is 3. The SMILES string of the molecule is CC1(S(=O)/N=C(\N)n2cc(C3CC3)c(COc3cc(Cl)cc(Cl)c3)cc2=N)CC1. The lowest BCUT2D eigenvalue weighted by Crippen LogP contribution is -2.34. The maximum absolute atomic E-state index is 12.4. The van der Waals surface area contributed by atoms with Crippen LogP contribution in [0, 0.1) is 5.41 Å². The van der Waals surface area contributed by atoms with E-state index in [1.807, 2.05) is 13.1 Å². The number of nitrogens with zero attached hydrogens (tertiary/aromatic N) is 2. The smallest absolute Gasteiger partial charge is 0.215 e. The van der Waals surface area contributed by atoms with E-state index in [0.717, 1.165) is 36.8 Å². The van der Waals surface area contributed by atoms with Crippen LogP contribution >= 0.6 is 23.2 Å². The molecule has 2 fully saturated rings. The van der Waals surface area contributed by atoms with Gasteiger partial charge in [-0.2, -0.15) is 4.40 Å². The number of ether oxygens (including phenoxy) is 1. The third kappa shape index (κ3) is 4.68. The Kier molecular flexibility index (Phi) is 5.48. The maximum atomic E-state index is 12.4. The van der Waals surface area contributed by atoms with E-state index >= 15 is 0 Å². The van der Waals surface area contributed by atoms with Crippen LogP contribution in [0.2, 0.25) is 10.0 Å². The third-order valence-corrected chi connectivity index (χ3v) is 7.30. The zero-order valence-corrected chi connectivity index (χ0v) is 18.3. The lowest BCUT2D eigenvalue weighted by molar-refractivity contribution is 0.304. The van der Waals surface area contributed by atoms with Gasteiger partial charge in [0, 0.05) is 16.2 Å². The highest BCUT2D eigenvalue weighted by Crippen LogP contribution is 2.42. The number of benzene rings is 1. The minimum atomic E-state index is -1.40. The molecule has 0 amide bonds. The first-order chi connectivity index (χ1) is 13.7. The molecule has 0 bridgehead atoms. The molecule has 0 spiro atoms. The van der Waals surface area contributed by atoms with Crippen LogP contribution in [-0.4, -0.2) is 19.5 Å². The molecular formula is C20H22Cl2N4O2S. The van der Waals surface area contributed by atoms with Crippen molar-refractivity contribution in [3.05, 3.63) is 57.1 Å². The van der Waals surface area contributed by atoms with E-state index in [1.54, 1.807) is 24.3 Å². The summed E-state index contributed by atoms with van der Waals surface area (Å²) in [6.45, 7) is 2.22.